The smallest absolute Gasteiger partial charge is 0.263 e. The van der Waals surface area contributed by atoms with Crippen LogP contribution in [0.15, 0.2) is 65.8 Å². The van der Waals surface area contributed by atoms with Crippen molar-refractivity contribution in [3.63, 3.8) is 0 Å². The number of fused-ring (bicyclic) bond motifs is 4. The third-order valence-corrected chi connectivity index (χ3v) is 13.4. The maximum atomic E-state index is 15.0. The number of nitrogens with one attached hydrogen (secondary N) is 4. The molecule has 3 saturated carbocycles. The highest BCUT2D eigenvalue weighted by atomic mass is 79.9. The van der Waals surface area contributed by atoms with Crippen LogP contribution in [0.1, 0.15) is 127 Å². The fourth-order valence-electron chi connectivity index (χ4n) is 8.08. The molecule has 1 aliphatic heterocycles. The second kappa shape index (κ2) is 20.3. The summed E-state index contributed by atoms with van der Waals surface area (Å²) < 4.78 is 47.2. The molecule has 4 aromatic heterocycles. The minimum absolute atomic E-state index is 0.0696. The van der Waals surface area contributed by atoms with E-state index < -0.39 is 17.5 Å². The molecule has 15 nitrogen and oxygen atoms in total. The molecule has 6 N–H and O–H groups in total. The summed E-state index contributed by atoms with van der Waals surface area (Å²) in [6.07, 6.45) is 5.73. The number of carbonyl (C=O) groups is 1. The number of hydrogen-bond donors (Lipinski definition) is 5. The molecule has 0 unspecified atom stereocenters. The van der Waals surface area contributed by atoms with Gasteiger partial charge >= 0.3 is 0 Å². The number of aromatic amines is 1. The topological polar surface area (TPSA) is 200 Å². The van der Waals surface area contributed by atoms with Gasteiger partial charge in [-0.3, -0.25) is 32.9 Å². The van der Waals surface area contributed by atoms with Gasteiger partial charge in [-0.25, -0.2) is 28.1 Å². The molecule has 4 aliphatic rings. The fraction of sp³-hybridized carbons (Fsp3) is 0.408. The van der Waals surface area contributed by atoms with Crippen LogP contribution in [0.25, 0.3) is 44.0 Å². The minimum Gasteiger partial charge on any atom is -0.356 e. The summed E-state index contributed by atoms with van der Waals surface area (Å²) in [7, 11) is 0. The summed E-state index contributed by atoms with van der Waals surface area (Å²) in [5, 5.41) is 10.6. The Hall–Kier alpha value is -5.57. The first kappa shape index (κ1) is 50.8. The molecule has 11 rings (SSSR count). The Balaban J connectivity index is 0.000000141. The maximum absolute atomic E-state index is 15.0. The van der Waals surface area contributed by atoms with E-state index in [1.165, 1.54) is 41.0 Å². The van der Waals surface area contributed by atoms with E-state index in [1.54, 1.807) is 15.2 Å². The van der Waals surface area contributed by atoms with Crippen LogP contribution >= 0.6 is 43.5 Å². The number of nitrogens with zero attached hydrogens (tertiary/aromatic N) is 6. The molecule has 0 saturated heterocycles. The molecule has 0 radical (unpaired) electrons. The molecule has 1 amide bonds. The van der Waals surface area contributed by atoms with Crippen molar-refractivity contribution in [3.05, 3.63) is 116 Å². The average Bonchev–Trinajstić information content (AvgIpc) is 4.17. The second-order valence-electron chi connectivity index (χ2n) is 18.9. The van der Waals surface area contributed by atoms with Crippen molar-refractivity contribution in [2.24, 2.45) is 5.73 Å². The highest BCUT2D eigenvalue weighted by molar-refractivity contribution is 9.11. The number of hydrogen-bond acceptors (Lipinski definition) is 10. The largest absolute Gasteiger partial charge is 0.356 e. The van der Waals surface area contributed by atoms with Gasteiger partial charge in [0.2, 0.25) is 17.2 Å². The van der Waals surface area contributed by atoms with E-state index in [4.69, 9.17) is 17.3 Å². The zero-order valence-corrected chi connectivity index (χ0v) is 43.4. The zero-order valence-electron chi connectivity index (χ0n) is 39.5. The molecular weight excluding hydrogens is 1060 g/mol. The van der Waals surface area contributed by atoms with Gasteiger partial charge in [-0.05, 0) is 165 Å². The van der Waals surface area contributed by atoms with Crippen LogP contribution < -0.4 is 38.4 Å². The van der Waals surface area contributed by atoms with Gasteiger partial charge in [0, 0.05) is 30.2 Å². The number of carbonyl (C=O) groups excluding carboxylic acids is 1. The first-order valence-electron chi connectivity index (χ1n) is 23.2. The van der Waals surface area contributed by atoms with Crippen LogP contribution in [0.5, 0.6) is 0 Å². The summed E-state index contributed by atoms with van der Waals surface area (Å²) in [4.78, 5) is 66.6. The molecule has 3 fully saturated rings. The molecule has 0 spiro atoms. The Labute approximate surface area is 422 Å². The normalized spacial score (nSPS) is 16.2. The van der Waals surface area contributed by atoms with E-state index in [0.717, 1.165) is 38.5 Å². The standard InChI is InChI=1S/C21H22FN5O2.C14H15BrFN3O.C11H7BrClFN2O.C3H9N/c1-9(2)23-21-26-18-12(20(29)27(21)11-4-5-11)6-7-14(22)16(18)15-8-13-17(25-15)10(3)24-19(13)28;1-7(2)17-14-18-12-9(5-6-10(16)11(12)15)13(20)19(14)8-3-4-8;12-8-7(14)4-3-6-9(8)15-11(13)16(10(6)17)5-1-2-5;1-3(2)4/h6-11,25H,4-5H2,1-3H3,(H,23,26)(H,24,28);5-8H,3-4H2,1-2H3,(H,17,18);3-5H,1-2H2;3H,4H2,1-2H3/t10-;;;/m1.../s1. The van der Waals surface area contributed by atoms with Crippen molar-refractivity contribution in [1.29, 1.82) is 0 Å². The van der Waals surface area contributed by atoms with Crippen LogP contribution in [0.3, 0.4) is 0 Å². The van der Waals surface area contributed by atoms with Crippen molar-refractivity contribution >= 4 is 94.0 Å². The van der Waals surface area contributed by atoms with E-state index in [9.17, 15) is 32.3 Å². The summed E-state index contributed by atoms with van der Waals surface area (Å²) in [5.41, 5.74) is 7.44. The lowest BCUT2D eigenvalue weighted by molar-refractivity contribution is 0.0958. The number of rotatable bonds is 8. The van der Waals surface area contributed by atoms with Crippen molar-refractivity contribution in [2.75, 3.05) is 10.6 Å². The van der Waals surface area contributed by atoms with Crippen LogP contribution in [-0.2, 0) is 0 Å². The van der Waals surface area contributed by atoms with Crippen molar-refractivity contribution in [3.8, 4) is 11.3 Å². The molecule has 7 aromatic rings. The fourth-order valence-corrected chi connectivity index (χ4v) is 9.25. The molecule has 5 heterocycles. The van der Waals surface area contributed by atoms with Crippen molar-refractivity contribution < 1.29 is 18.0 Å². The zero-order chi connectivity index (χ0) is 50.6. The van der Waals surface area contributed by atoms with Gasteiger partial charge in [0.25, 0.3) is 22.6 Å². The highest BCUT2D eigenvalue weighted by Crippen LogP contribution is 2.40. The Morgan fingerprint density at radius 1 is 0.657 bits per heavy atom. The summed E-state index contributed by atoms with van der Waals surface area (Å²) in [5.74, 6) is -0.573. The number of nitrogens with two attached hydrogens (primary N) is 1. The monoisotopic (exact) mass is 1110 g/mol. The van der Waals surface area contributed by atoms with E-state index in [-0.39, 0.29) is 84.1 Å². The van der Waals surface area contributed by atoms with Crippen LogP contribution in [0.4, 0.5) is 25.1 Å². The Morgan fingerprint density at radius 2 is 1.06 bits per heavy atom. The number of anilines is 2. The Bertz CT molecular complexity index is 3380. The highest BCUT2D eigenvalue weighted by Gasteiger charge is 2.33. The van der Waals surface area contributed by atoms with Gasteiger partial charge in [0.15, 0.2) is 0 Å². The maximum Gasteiger partial charge on any atom is 0.263 e. The van der Waals surface area contributed by atoms with E-state index in [0.29, 0.717) is 62.1 Å². The third-order valence-electron chi connectivity index (χ3n) is 11.6. The number of amides is 1. The Morgan fingerprint density at radius 3 is 1.50 bits per heavy atom. The van der Waals surface area contributed by atoms with Crippen molar-refractivity contribution in [1.82, 2.24) is 39.0 Å². The summed E-state index contributed by atoms with van der Waals surface area (Å²) in [6.45, 7) is 13.6. The predicted octanol–water partition coefficient (Wildman–Crippen LogP) is 10.6. The number of H-pyrrole nitrogens is 1. The molecule has 370 valence electrons. The average molecular weight is 1110 g/mol. The quantitative estimate of drug-likeness (QED) is 0.0913. The van der Waals surface area contributed by atoms with Gasteiger partial charge in [0.05, 0.1) is 70.2 Å². The molecule has 0 bridgehead atoms. The van der Waals surface area contributed by atoms with E-state index >= 15 is 0 Å². The van der Waals surface area contributed by atoms with Gasteiger partial charge < -0.3 is 26.7 Å². The summed E-state index contributed by atoms with van der Waals surface area (Å²) >= 11 is 12.2. The number of aromatic nitrogens is 7. The molecule has 3 aromatic carbocycles. The minimum atomic E-state index is -0.489. The van der Waals surface area contributed by atoms with Crippen LogP contribution in [-0.4, -0.2) is 57.7 Å². The predicted molar refractivity (Wildman–Crippen MR) is 276 cm³/mol. The lowest BCUT2D eigenvalue weighted by Crippen LogP contribution is -2.27. The van der Waals surface area contributed by atoms with Crippen LogP contribution in [0, 0.1) is 17.5 Å². The molecule has 3 aliphatic carbocycles. The number of benzene rings is 3. The van der Waals surface area contributed by atoms with E-state index in [2.05, 4.69) is 67.7 Å². The first-order valence-corrected chi connectivity index (χ1v) is 25.2. The lowest BCUT2D eigenvalue weighted by atomic mass is 10.1. The molecule has 70 heavy (non-hydrogen) atoms. The van der Waals surface area contributed by atoms with Gasteiger partial charge in [0.1, 0.15) is 17.5 Å². The second-order valence-corrected chi connectivity index (χ2v) is 20.8. The van der Waals surface area contributed by atoms with E-state index in [1.807, 2.05) is 48.5 Å². The SMILES string of the molecule is CC(C)N.CC(C)Nc1nc2c(-c3cc4c([nH]3)[C@@H](C)NC4=O)c(F)ccc2c(=O)n1C1CC1.CC(C)Nc1nc2c(Br)c(F)ccc2c(=O)n1C1CC1.O=c1c2ccc(F)c(Br)c2nc(Cl)n1C1CC1. The molecular formula is C49H53Br2ClF3N11O4. The first-order chi connectivity index (χ1) is 33.2. The molecule has 21 heteroatoms. The molecule has 1 atom stereocenters. The number of halogens is 6. The van der Waals surface area contributed by atoms with Gasteiger partial charge in [-0.15, -0.1) is 0 Å². The lowest BCUT2D eigenvalue weighted by Gasteiger charge is -2.17. The van der Waals surface area contributed by atoms with Gasteiger partial charge in [-0.1, -0.05) is 13.8 Å². The van der Waals surface area contributed by atoms with Crippen LogP contribution in [0.2, 0.25) is 5.28 Å². The summed E-state index contributed by atoms with van der Waals surface area (Å²) in [6, 6.07) is 10.8. The van der Waals surface area contributed by atoms with Gasteiger partial charge in [-0.2, -0.15) is 0 Å². The van der Waals surface area contributed by atoms with Crippen molar-refractivity contribution in [2.45, 2.75) is 129 Å². The Kier molecular flexibility index (Phi) is 14.7. The third kappa shape index (κ3) is 10.4.